The Kier molecular flexibility index (Phi) is 5.61. The minimum absolute atomic E-state index is 0.602. The van der Waals surface area contributed by atoms with Gasteiger partial charge in [0.15, 0.2) is 5.11 Å². The van der Waals surface area contributed by atoms with E-state index in [1.165, 1.54) is 19.4 Å². The van der Waals surface area contributed by atoms with Gasteiger partial charge in [0.25, 0.3) is 0 Å². The molecule has 1 saturated heterocycles. The fourth-order valence-corrected chi connectivity index (χ4v) is 2.83. The van der Waals surface area contributed by atoms with Crippen molar-refractivity contribution in [1.82, 2.24) is 10.2 Å². The first-order valence-electron chi connectivity index (χ1n) is 7.16. The largest absolute Gasteiger partial charge is 0.497 e. The van der Waals surface area contributed by atoms with Crippen molar-refractivity contribution >= 4 is 23.0 Å². The summed E-state index contributed by atoms with van der Waals surface area (Å²) in [5, 5.41) is 7.18. The molecule has 0 aliphatic carbocycles. The average molecular weight is 293 g/mol. The molecule has 0 aromatic heterocycles. The summed E-state index contributed by atoms with van der Waals surface area (Å²) >= 11 is 5.34. The molecule has 1 aliphatic rings. The van der Waals surface area contributed by atoms with Crippen LogP contribution in [0.15, 0.2) is 24.3 Å². The van der Waals surface area contributed by atoms with Gasteiger partial charge in [-0.1, -0.05) is 13.0 Å². The zero-order chi connectivity index (χ0) is 14.4. The number of likely N-dealkylation sites (N-methyl/N-ethyl adjacent to an activating group) is 1. The van der Waals surface area contributed by atoms with Gasteiger partial charge < -0.3 is 15.4 Å². The van der Waals surface area contributed by atoms with Crippen molar-refractivity contribution in [2.75, 3.05) is 32.1 Å². The van der Waals surface area contributed by atoms with Gasteiger partial charge in [-0.25, -0.2) is 0 Å². The highest BCUT2D eigenvalue weighted by atomic mass is 32.1. The van der Waals surface area contributed by atoms with Crippen molar-refractivity contribution in [1.29, 1.82) is 0 Å². The van der Waals surface area contributed by atoms with Gasteiger partial charge in [-0.2, -0.15) is 0 Å². The molecule has 20 heavy (non-hydrogen) atoms. The highest BCUT2D eigenvalue weighted by molar-refractivity contribution is 7.80. The van der Waals surface area contributed by atoms with Gasteiger partial charge in [0.05, 0.1) is 7.11 Å². The molecule has 5 heteroatoms. The Bertz CT molecular complexity index is 452. The van der Waals surface area contributed by atoms with Crippen molar-refractivity contribution in [2.24, 2.45) is 0 Å². The number of nitrogens with zero attached hydrogens (tertiary/aromatic N) is 1. The number of hydrogen-bond donors (Lipinski definition) is 2. The first kappa shape index (κ1) is 15.1. The molecule has 4 nitrogen and oxygen atoms in total. The van der Waals surface area contributed by atoms with Gasteiger partial charge in [0, 0.05) is 24.3 Å². The molecule has 0 spiro atoms. The number of rotatable bonds is 5. The summed E-state index contributed by atoms with van der Waals surface area (Å²) in [5.74, 6) is 0.825. The molecular weight excluding hydrogens is 270 g/mol. The van der Waals surface area contributed by atoms with E-state index in [4.69, 9.17) is 17.0 Å². The third-order valence-corrected chi connectivity index (χ3v) is 3.98. The lowest BCUT2D eigenvalue weighted by Gasteiger charge is -2.23. The van der Waals surface area contributed by atoms with E-state index >= 15 is 0 Å². The Labute approximate surface area is 126 Å². The molecule has 0 bridgehead atoms. The predicted molar refractivity (Wildman–Crippen MR) is 87.5 cm³/mol. The monoisotopic (exact) mass is 293 g/mol. The molecule has 0 unspecified atom stereocenters. The smallest absolute Gasteiger partial charge is 0.170 e. The number of hydrogen-bond acceptors (Lipinski definition) is 3. The zero-order valence-electron chi connectivity index (χ0n) is 12.2. The number of thiocarbonyl (C=S) groups is 1. The van der Waals surface area contributed by atoms with E-state index in [0.717, 1.165) is 24.5 Å². The van der Waals surface area contributed by atoms with E-state index in [-0.39, 0.29) is 0 Å². The predicted octanol–water partition coefficient (Wildman–Crippen LogP) is 2.47. The second kappa shape index (κ2) is 7.45. The highest BCUT2D eigenvalue weighted by Crippen LogP contribution is 2.17. The van der Waals surface area contributed by atoms with E-state index in [1.807, 2.05) is 24.3 Å². The lowest BCUT2D eigenvalue weighted by Crippen LogP contribution is -2.41. The lowest BCUT2D eigenvalue weighted by molar-refractivity contribution is 0.267. The minimum Gasteiger partial charge on any atom is -0.497 e. The fourth-order valence-electron chi connectivity index (χ4n) is 2.63. The lowest BCUT2D eigenvalue weighted by atomic mass is 10.2. The second-order valence-corrected chi connectivity index (χ2v) is 5.40. The van der Waals surface area contributed by atoms with Crippen molar-refractivity contribution in [3.8, 4) is 5.75 Å². The summed E-state index contributed by atoms with van der Waals surface area (Å²) in [6.07, 6.45) is 2.54. The topological polar surface area (TPSA) is 36.5 Å². The maximum absolute atomic E-state index is 5.34. The number of methoxy groups -OCH3 is 1. The molecule has 1 aliphatic heterocycles. The summed E-state index contributed by atoms with van der Waals surface area (Å²) in [6, 6.07) is 8.37. The van der Waals surface area contributed by atoms with Crippen LogP contribution in [-0.2, 0) is 0 Å². The summed E-state index contributed by atoms with van der Waals surface area (Å²) in [4.78, 5) is 2.50. The molecule has 2 rings (SSSR count). The number of anilines is 1. The summed E-state index contributed by atoms with van der Waals surface area (Å²) in [6.45, 7) is 5.44. The molecule has 0 saturated carbocycles. The quantitative estimate of drug-likeness (QED) is 0.816. The molecule has 0 radical (unpaired) electrons. The second-order valence-electron chi connectivity index (χ2n) is 4.99. The third-order valence-electron chi connectivity index (χ3n) is 3.73. The highest BCUT2D eigenvalue weighted by Gasteiger charge is 2.22. The van der Waals surface area contributed by atoms with Crippen molar-refractivity contribution in [3.05, 3.63) is 24.3 Å². The Balaban J connectivity index is 1.80. The first-order chi connectivity index (χ1) is 9.72. The Morgan fingerprint density at radius 2 is 2.35 bits per heavy atom. The summed E-state index contributed by atoms with van der Waals surface area (Å²) in [7, 11) is 1.66. The van der Waals surface area contributed by atoms with Crippen molar-refractivity contribution in [2.45, 2.75) is 25.8 Å². The zero-order valence-corrected chi connectivity index (χ0v) is 13.0. The maximum atomic E-state index is 5.34. The Hall–Kier alpha value is -1.33. The Morgan fingerprint density at radius 1 is 1.50 bits per heavy atom. The first-order valence-corrected chi connectivity index (χ1v) is 7.56. The van der Waals surface area contributed by atoms with Crippen molar-refractivity contribution < 1.29 is 4.74 Å². The molecule has 110 valence electrons. The van der Waals surface area contributed by atoms with E-state index in [0.29, 0.717) is 11.2 Å². The van der Waals surface area contributed by atoms with Crippen LogP contribution in [0.5, 0.6) is 5.75 Å². The summed E-state index contributed by atoms with van der Waals surface area (Å²) in [5.41, 5.74) is 0.945. The Morgan fingerprint density at radius 3 is 3.10 bits per heavy atom. The van der Waals surface area contributed by atoms with Gasteiger partial charge in [-0.15, -0.1) is 0 Å². The summed E-state index contributed by atoms with van der Waals surface area (Å²) < 4.78 is 5.20. The van der Waals surface area contributed by atoms with E-state index in [9.17, 15) is 0 Å². The number of benzene rings is 1. The maximum Gasteiger partial charge on any atom is 0.170 e. The number of likely N-dealkylation sites (tertiary alicyclic amines) is 1. The molecular formula is C15H23N3OS. The molecule has 1 aromatic carbocycles. The van der Waals surface area contributed by atoms with Crippen LogP contribution in [0.2, 0.25) is 0 Å². The van der Waals surface area contributed by atoms with Gasteiger partial charge in [-0.05, 0) is 50.3 Å². The molecule has 2 N–H and O–H groups in total. The van der Waals surface area contributed by atoms with Crippen LogP contribution >= 0.6 is 12.2 Å². The van der Waals surface area contributed by atoms with Crippen LogP contribution < -0.4 is 15.4 Å². The minimum atomic E-state index is 0.602. The average Bonchev–Trinajstić information content (AvgIpc) is 2.93. The third kappa shape index (κ3) is 4.08. The normalized spacial score (nSPS) is 18.8. The molecule has 1 fully saturated rings. The molecule has 1 aromatic rings. The van der Waals surface area contributed by atoms with E-state index in [1.54, 1.807) is 7.11 Å². The van der Waals surface area contributed by atoms with Gasteiger partial charge in [0.1, 0.15) is 5.75 Å². The van der Waals surface area contributed by atoms with E-state index in [2.05, 4.69) is 22.5 Å². The fraction of sp³-hybridized carbons (Fsp3) is 0.533. The van der Waals surface area contributed by atoms with Crippen LogP contribution in [0, 0.1) is 0 Å². The number of nitrogens with one attached hydrogen (secondary N) is 2. The van der Waals surface area contributed by atoms with Gasteiger partial charge >= 0.3 is 0 Å². The van der Waals surface area contributed by atoms with Crippen LogP contribution in [0.1, 0.15) is 19.8 Å². The SMILES string of the molecule is CCN1CCC[C@@H]1CNC(=S)Nc1cccc(OC)c1. The van der Waals surface area contributed by atoms with Crippen LogP contribution in [0.4, 0.5) is 5.69 Å². The van der Waals surface area contributed by atoms with E-state index < -0.39 is 0 Å². The van der Waals surface area contributed by atoms with Gasteiger partial charge in [0.2, 0.25) is 0 Å². The van der Waals surface area contributed by atoms with Crippen LogP contribution in [0.3, 0.4) is 0 Å². The van der Waals surface area contributed by atoms with Crippen LogP contribution in [-0.4, -0.2) is 42.8 Å². The van der Waals surface area contributed by atoms with Crippen molar-refractivity contribution in [3.63, 3.8) is 0 Å². The molecule has 0 amide bonds. The van der Waals surface area contributed by atoms with Crippen LogP contribution in [0.25, 0.3) is 0 Å². The van der Waals surface area contributed by atoms with Gasteiger partial charge in [-0.3, -0.25) is 4.90 Å². The standard InChI is InChI=1S/C15H23N3OS/c1-3-18-9-5-7-13(18)11-16-15(20)17-12-6-4-8-14(10-12)19-2/h4,6,8,10,13H,3,5,7,9,11H2,1-2H3,(H2,16,17,20)/t13-/m1/s1. The molecule has 1 heterocycles. The number of ether oxygens (including phenoxy) is 1. The molecule has 1 atom stereocenters.